The van der Waals surface area contributed by atoms with Crippen LogP contribution in [0.1, 0.15) is 43.7 Å². The van der Waals surface area contributed by atoms with Gasteiger partial charge in [-0.2, -0.15) is 0 Å². The highest BCUT2D eigenvalue weighted by atomic mass is 32.2. The van der Waals surface area contributed by atoms with Crippen molar-refractivity contribution in [3.63, 3.8) is 0 Å². The summed E-state index contributed by atoms with van der Waals surface area (Å²) in [7, 11) is 0. The number of carbonyl (C=O) groups excluding carboxylic acids is 1. The van der Waals surface area contributed by atoms with E-state index in [0.717, 1.165) is 35.6 Å². The zero-order valence-electron chi connectivity index (χ0n) is 20.0. The van der Waals surface area contributed by atoms with Gasteiger partial charge in [0.2, 0.25) is 0 Å². The normalized spacial score (nSPS) is 15.5. The number of thioether (sulfide) groups is 1. The molecule has 0 spiro atoms. The van der Waals surface area contributed by atoms with Crippen LogP contribution < -0.4 is 14.4 Å². The molecule has 4 nitrogen and oxygen atoms in total. The van der Waals surface area contributed by atoms with Crippen LogP contribution in [-0.2, 0) is 4.79 Å². The molecular formula is C29H29NO3S2. The van der Waals surface area contributed by atoms with Gasteiger partial charge in [0, 0.05) is 6.42 Å². The molecule has 0 saturated carbocycles. The minimum Gasteiger partial charge on any atom is -0.493 e. The van der Waals surface area contributed by atoms with Gasteiger partial charge in [-0.25, -0.2) is 0 Å². The van der Waals surface area contributed by atoms with E-state index in [1.165, 1.54) is 17.3 Å². The fourth-order valence-electron chi connectivity index (χ4n) is 3.68. The number of para-hydroxylation sites is 1. The number of ether oxygens (including phenoxy) is 2. The summed E-state index contributed by atoms with van der Waals surface area (Å²) in [6.45, 7) is 5.57. The first-order chi connectivity index (χ1) is 17.0. The van der Waals surface area contributed by atoms with Gasteiger partial charge in [0.05, 0.1) is 23.8 Å². The molecule has 1 amide bonds. The SMILES string of the molecule is CC[C@@H](C)c1ccc(OCCCOc2cccc(/C=C3\SC(=S)N(c4ccccc4)C3=O)c2)cc1. The predicted molar refractivity (Wildman–Crippen MR) is 149 cm³/mol. The highest BCUT2D eigenvalue weighted by Gasteiger charge is 2.33. The Morgan fingerprint density at radius 2 is 1.66 bits per heavy atom. The molecule has 1 heterocycles. The summed E-state index contributed by atoms with van der Waals surface area (Å²) in [5.41, 5.74) is 3.02. The van der Waals surface area contributed by atoms with E-state index in [-0.39, 0.29) is 5.91 Å². The summed E-state index contributed by atoms with van der Waals surface area (Å²) in [6, 6.07) is 25.5. The van der Waals surface area contributed by atoms with Gasteiger partial charge in [0.1, 0.15) is 11.5 Å². The quantitative estimate of drug-likeness (QED) is 0.163. The monoisotopic (exact) mass is 503 g/mol. The van der Waals surface area contributed by atoms with E-state index >= 15 is 0 Å². The van der Waals surface area contributed by atoms with Crippen molar-refractivity contribution in [3.05, 3.63) is 94.9 Å². The van der Waals surface area contributed by atoms with Crippen molar-refractivity contribution in [1.29, 1.82) is 0 Å². The average Bonchev–Trinajstić information content (AvgIpc) is 3.16. The summed E-state index contributed by atoms with van der Waals surface area (Å²) in [4.78, 5) is 15.1. The number of hydrogen-bond acceptors (Lipinski definition) is 5. The Morgan fingerprint density at radius 3 is 2.37 bits per heavy atom. The van der Waals surface area contributed by atoms with Gasteiger partial charge < -0.3 is 9.47 Å². The second-order valence-corrected chi connectivity index (χ2v) is 10.0. The Bertz CT molecular complexity index is 1190. The number of carbonyl (C=O) groups is 1. The Kier molecular flexibility index (Phi) is 8.61. The molecule has 1 atom stereocenters. The summed E-state index contributed by atoms with van der Waals surface area (Å²) in [6.07, 6.45) is 3.76. The molecule has 1 aliphatic heterocycles. The lowest BCUT2D eigenvalue weighted by atomic mass is 9.99. The molecule has 180 valence electrons. The molecule has 0 aliphatic carbocycles. The molecule has 3 aromatic rings. The van der Waals surface area contributed by atoms with Crippen molar-refractivity contribution in [2.24, 2.45) is 0 Å². The Morgan fingerprint density at radius 1 is 0.943 bits per heavy atom. The molecule has 1 aliphatic rings. The number of anilines is 1. The first-order valence-electron chi connectivity index (χ1n) is 11.8. The molecule has 0 N–H and O–H groups in total. The number of rotatable bonds is 10. The third kappa shape index (κ3) is 6.53. The molecule has 4 rings (SSSR count). The van der Waals surface area contributed by atoms with Crippen LogP contribution in [0.25, 0.3) is 6.08 Å². The minimum atomic E-state index is -0.105. The van der Waals surface area contributed by atoms with Gasteiger partial charge in [0.15, 0.2) is 4.32 Å². The minimum absolute atomic E-state index is 0.105. The van der Waals surface area contributed by atoms with E-state index < -0.39 is 0 Å². The van der Waals surface area contributed by atoms with Crippen LogP contribution >= 0.6 is 24.0 Å². The predicted octanol–water partition coefficient (Wildman–Crippen LogP) is 7.45. The molecule has 35 heavy (non-hydrogen) atoms. The largest absolute Gasteiger partial charge is 0.493 e. The van der Waals surface area contributed by atoms with Crippen LogP contribution in [-0.4, -0.2) is 23.4 Å². The number of nitrogens with zero attached hydrogens (tertiary/aromatic N) is 1. The standard InChI is InChI=1S/C29H29NO3S2/c1-3-21(2)23-13-15-25(16-14-23)32-17-8-18-33-26-12-7-9-22(19-26)20-27-28(31)30(29(34)35-27)24-10-5-4-6-11-24/h4-7,9-16,19-21H,3,8,17-18H2,1-2H3/b27-20-/t21-/m1/s1. The van der Waals surface area contributed by atoms with Crippen molar-refractivity contribution in [2.45, 2.75) is 32.6 Å². The maximum absolute atomic E-state index is 12.9. The fourth-order valence-corrected chi connectivity index (χ4v) is 4.98. The van der Waals surface area contributed by atoms with Crippen LogP contribution in [0.4, 0.5) is 5.69 Å². The van der Waals surface area contributed by atoms with Gasteiger partial charge in [-0.05, 0) is 65.9 Å². The van der Waals surface area contributed by atoms with E-state index in [0.29, 0.717) is 28.4 Å². The van der Waals surface area contributed by atoms with Gasteiger partial charge in [-0.3, -0.25) is 9.69 Å². The lowest BCUT2D eigenvalue weighted by Crippen LogP contribution is -2.27. The van der Waals surface area contributed by atoms with Crippen LogP contribution in [0.15, 0.2) is 83.8 Å². The van der Waals surface area contributed by atoms with Crippen LogP contribution in [0, 0.1) is 0 Å². The average molecular weight is 504 g/mol. The maximum atomic E-state index is 12.9. The summed E-state index contributed by atoms with van der Waals surface area (Å²) in [5, 5.41) is 0. The van der Waals surface area contributed by atoms with Crippen LogP contribution in [0.2, 0.25) is 0 Å². The second-order valence-electron chi connectivity index (χ2n) is 8.35. The zero-order valence-corrected chi connectivity index (χ0v) is 21.6. The Hall–Kier alpha value is -3.09. The van der Waals surface area contributed by atoms with Crippen molar-refractivity contribution in [1.82, 2.24) is 0 Å². The van der Waals surface area contributed by atoms with E-state index in [2.05, 4.69) is 26.0 Å². The van der Waals surface area contributed by atoms with E-state index in [1.54, 1.807) is 4.90 Å². The van der Waals surface area contributed by atoms with Crippen LogP contribution in [0.5, 0.6) is 11.5 Å². The molecule has 3 aromatic carbocycles. The van der Waals surface area contributed by atoms with Gasteiger partial charge in [0.25, 0.3) is 5.91 Å². The van der Waals surface area contributed by atoms with E-state index in [1.807, 2.05) is 72.8 Å². The van der Waals surface area contributed by atoms with Gasteiger partial charge >= 0.3 is 0 Å². The lowest BCUT2D eigenvalue weighted by Gasteiger charge is -2.13. The maximum Gasteiger partial charge on any atom is 0.270 e. The van der Waals surface area contributed by atoms with E-state index in [9.17, 15) is 4.79 Å². The highest BCUT2D eigenvalue weighted by Crippen LogP contribution is 2.36. The fraction of sp³-hybridized carbons (Fsp3) is 0.241. The number of thiocarbonyl (C=S) groups is 1. The van der Waals surface area contributed by atoms with Crippen LogP contribution in [0.3, 0.4) is 0 Å². The van der Waals surface area contributed by atoms with Gasteiger partial charge in [-0.15, -0.1) is 0 Å². The van der Waals surface area contributed by atoms with Crippen molar-refractivity contribution in [3.8, 4) is 11.5 Å². The summed E-state index contributed by atoms with van der Waals surface area (Å²) >= 11 is 6.76. The van der Waals surface area contributed by atoms with E-state index in [4.69, 9.17) is 21.7 Å². The smallest absolute Gasteiger partial charge is 0.270 e. The van der Waals surface area contributed by atoms with Crippen molar-refractivity contribution in [2.75, 3.05) is 18.1 Å². The second kappa shape index (κ2) is 12.0. The molecule has 0 aromatic heterocycles. The molecule has 0 bridgehead atoms. The topological polar surface area (TPSA) is 38.8 Å². The molecular weight excluding hydrogens is 474 g/mol. The van der Waals surface area contributed by atoms with Gasteiger partial charge in [-0.1, -0.05) is 80.3 Å². The Labute approximate surface area is 216 Å². The number of hydrogen-bond donors (Lipinski definition) is 0. The highest BCUT2D eigenvalue weighted by molar-refractivity contribution is 8.27. The molecule has 0 radical (unpaired) electrons. The molecule has 1 saturated heterocycles. The molecule has 1 fully saturated rings. The molecule has 6 heteroatoms. The summed E-state index contributed by atoms with van der Waals surface area (Å²) in [5.74, 6) is 2.10. The summed E-state index contributed by atoms with van der Waals surface area (Å²) < 4.78 is 12.3. The first kappa shape index (κ1) is 25.0. The lowest BCUT2D eigenvalue weighted by molar-refractivity contribution is -0.113. The molecule has 0 unspecified atom stereocenters. The number of amides is 1. The number of benzene rings is 3. The third-order valence-corrected chi connectivity index (χ3v) is 7.15. The Balaban J connectivity index is 1.28. The van der Waals surface area contributed by atoms with Crippen molar-refractivity contribution < 1.29 is 14.3 Å². The zero-order chi connectivity index (χ0) is 24.6. The van der Waals surface area contributed by atoms with Crippen molar-refractivity contribution >= 4 is 46.0 Å². The third-order valence-electron chi connectivity index (χ3n) is 5.85. The first-order valence-corrected chi connectivity index (χ1v) is 13.1.